The van der Waals surface area contributed by atoms with E-state index in [2.05, 4.69) is 59.0 Å². The third kappa shape index (κ3) is 2.75. The average Bonchev–Trinajstić information content (AvgIpc) is 2.24. The second kappa shape index (κ2) is 4.26. The van der Waals surface area contributed by atoms with Crippen molar-refractivity contribution in [3.8, 4) is 5.75 Å². The number of carbonyl (C=O) groups excluding carboxylic acids is 1. The fourth-order valence-corrected chi connectivity index (χ4v) is 2.37. The molecule has 1 aliphatic rings. The molecule has 1 amide bonds. The maximum absolute atomic E-state index is 11.4. The van der Waals surface area contributed by atoms with Crippen LogP contribution in [0.1, 0.15) is 52.7 Å². The summed E-state index contributed by atoms with van der Waals surface area (Å²) in [5.74, 6) is 0.688. The first-order chi connectivity index (χ1) is 8.59. The molecule has 0 saturated heterocycles. The van der Waals surface area contributed by atoms with E-state index in [9.17, 15) is 4.79 Å². The van der Waals surface area contributed by atoms with E-state index in [0.717, 1.165) is 11.4 Å². The largest absolute Gasteiger partial charge is 0.482 e. The molecule has 1 aromatic carbocycles. The van der Waals surface area contributed by atoms with E-state index in [0.29, 0.717) is 0 Å². The van der Waals surface area contributed by atoms with Crippen molar-refractivity contribution in [3.63, 3.8) is 0 Å². The normalized spacial score (nSPS) is 15.6. The van der Waals surface area contributed by atoms with Gasteiger partial charge in [0.2, 0.25) is 0 Å². The van der Waals surface area contributed by atoms with E-state index in [1.165, 1.54) is 11.1 Å². The smallest absolute Gasteiger partial charge is 0.262 e. The van der Waals surface area contributed by atoms with Crippen molar-refractivity contribution in [1.29, 1.82) is 0 Å². The highest BCUT2D eigenvalue weighted by Crippen LogP contribution is 2.40. The summed E-state index contributed by atoms with van der Waals surface area (Å²) in [5, 5.41) is 2.89. The third-order valence-corrected chi connectivity index (χ3v) is 3.37. The molecule has 0 unspecified atom stereocenters. The van der Waals surface area contributed by atoms with E-state index in [4.69, 9.17) is 4.74 Å². The number of anilines is 1. The Morgan fingerprint density at radius 1 is 1.00 bits per heavy atom. The van der Waals surface area contributed by atoms with Crippen LogP contribution in [0.5, 0.6) is 5.75 Å². The number of carbonyl (C=O) groups is 1. The quantitative estimate of drug-likeness (QED) is 0.774. The van der Waals surface area contributed by atoms with Crippen LogP contribution in [0.2, 0.25) is 0 Å². The Hall–Kier alpha value is -1.51. The van der Waals surface area contributed by atoms with Gasteiger partial charge in [-0.3, -0.25) is 4.79 Å². The van der Waals surface area contributed by atoms with Gasteiger partial charge in [0.15, 0.2) is 6.61 Å². The monoisotopic (exact) mass is 261 g/mol. The van der Waals surface area contributed by atoms with Crippen LogP contribution in [0.4, 0.5) is 5.69 Å². The molecule has 1 aliphatic heterocycles. The molecule has 0 saturated carbocycles. The van der Waals surface area contributed by atoms with Crippen molar-refractivity contribution in [2.75, 3.05) is 11.9 Å². The summed E-state index contributed by atoms with van der Waals surface area (Å²) in [6.07, 6.45) is 0. The van der Waals surface area contributed by atoms with E-state index >= 15 is 0 Å². The van der Waals surface area contributed by atoms with Crippen molar-refractivity contribution in [2.45, 2.75) is 52.4 Å². The number of amides is 1. The zero-order chi connectivity index (χ0) is 14.4. The molecule has 0 bridgehead atoms. The van der Waals surface area contributed by atoms with Gasteiger partial charge in [0.25, 0.3) is 5.91 Å². The lowest BCUT2D eigenvalue weighted by molar-refractivity contribution is -0.118. The first kappa shape index (κ1) is 13.9. The minimum atomic E-state index is -0.0872. The van der Waals surface area contributed by atoms with Crippen LogP contribution < -0.4 is 10.1 Å². The highest BCUT2D eigenvalue weighted by Gasteiger charge is 2.28. The van der Waals surface area contributed by atoms with Gasteiger partial charge in [0, 0.05) is 0 Å². The lowest BCUT2D eigenvalue weighted by atomic mass is 9.75. The second-order valence-electron chi connectivity index (χ2n) is 7.23. The number of ether oxygens (including phenoxy) is 1. The molecule has 0 aromatic heterocycles. The van der Waals surface area contributed by atoms with Gasteiger partial charge in [0.05, 0.1) is 5.69 Å². The van der Waals surface area contributed by atoms with Crippen LogP contribution in [-0.4, -0.2) is 12.5 Å². The van der Waals surface area contributed by atoms with E-state index in [-0.39, 0.29) is 23.3 Å². The zero-order valence-electron chi connectivity index (χ0n) is 12.7. The van der Waals surface area contributed by atoms with Crippen LogP contribution >= 0.6 is 0 Å². The summed E-state index contributed by atoms with van der Waals surface area (Å²) >= 11 is 0. The van der Waals surface area contributed by atoms with Crippen LogP contribution in [0.15, 0.2) is 12.1 Å². The molecule has 0 fully saturated rings. The van der Waals surface area contributed by atoms with Gasteiger partial charge >= 0.3 is 0 Å². The standard InChI is InChI=1S/C16H23NO2/c1-15(2,3)10-7-12-13(19-9-14(18)17-12)8-11(10)16(4,5)6/h7-8H,9H2,1-6H3,(H,17,18). The maximum atomic E-state index is 11.4. The molecule has 0 radical (unpaired) electrons. The fourth-order valence-electron chi connectivity index (χ4n) is 2.37. The third-order valence-electron chi connectivity index (χ3n) is 3.37. The van der Waals surface area contributed by atoms with Crippen molar-refractivity contribution >= 4 is 11.6 Å². The summed E-state index contributed by atoms with van der Waals surface area (Å²) in [6.45, 7) is 13.3. The molecule has 19 heavy (non-hydrogen) atoms. The summed E-state index contributed by atoms with van der Waals surface area (Å²) in [5.41, 5.74) is 3.39. The summed E-state index contributed by atoms with van der Waals surface area (Å²) in [4.78, 5) is 11.4. The zero-order valence-corrected chi connectivity index (χ0v) is 12.7. The van der Waals surface area contributed by atoms with Crippen molar-refractivity contribution in [2.24, 2.45) is 0 Å². The topological polar surface area (TPSA) is 38.3 Å². The van der Waals surface area contributed by atoms with Crippen molar-refractivity contribution in [3.05, 3.63) is 23.3 Å². The van der Waals surface area contributed by atoms with Gasteiger partial charge in [0.1, 0.15) is 5.75 Å². The molecule has 1 aromatic rings. The van der Waals surface area contributed by atoms with Crippen molar-refractivity contribution < 1.29 is 9.53 Å². The van der Waals surface area contributed by atoms with Gasteiger partial charge in [-0.1, -0.05) is 41.5 Å². The van der Waals surface area contributed by atoms with Gasteiger partial charge < -0.3 is 10.1 Å². The summed E-state index contributed by atoms with van der Waals surface area (Å²) in [7, 11) is 0. The number of fused-ring (bicyclic) bond motifs is 1. The SMILES string of the molecule is CC(C)(C)c1cc2c(cc1C(C)(C)C)OCC(=O)N2. The van der Waals surface area contributed by atoms with E-state index in [1.54, 1.807) is 0 Å². The van der Waals surface area contributed by atoms with Gasteiger partial charge in [-0.15, -0.1) is 0 Å². The fraction of sp³-hybridized carbons (Fsp3) is 0.562. The molecule has 3 nitrogen and oxygen atoms in total. The molecule has 3 heteroatoms. The molecular weight excluding hydrogens is 238 g/mol. The average molecular weight is 261 g/mol. The molecule has 1 heterocycles. The Bertz CT molecular complexity index is 519. The van der Waals surface area contributed by atoms with Gasteiger partial charge in [-0.25, -0.2) is 0 Å². The number of nitrogens with one attached hydrogen (secondary N) is 1. The molecule has 104 valence electrons. The van der Waals surface area contributed by atoms with E-state index in [1.807, 2.05) is 0 Å². The summed E-state index contributed by atoms with van der Waals surface area (Å²) < 4.78 is 5.53. The lowest BCUT2D eigenvalue weighted by Crippen LogP contribution is -2.28. The van der Waals surface area contributed by atoms with Gasteiger partial charge in [-0.05, 0) is 34.1 Å². The number of hydrogen-bond acceptors (Lipinski definition) is 2. The first-order valence-electron chi connectivity index (χ1n) is 6.71. The molecule has 0 aliphatic carbocycles. The predicted molar refractivity (Wildman–Crippen MR) is 78.0 cm³/mol. The molecule has 2 rings (SSSR count). The van der Waals surface area contributed by atoms with Crippen LogP contribution in [0, 0.1) is 0 Å². The lowest BCUT2D eigenvalue weighted by Gasteiger charge is -2.32. The van der Waals surface area contributed by atoms with Crippen LogP contribution in [-0.2, 0) is 15.6 Å². The number of benzene rings is 1. The maximum Gasteiger partial charge on any atom is 0.262 e. The number of hydrogen-bond donors (Lipinski definition) is 1. The molecule has 0 spiro atoms. The Labute approximate surface area is 115 Å². The van der Waals surface area contributed by atoms with E-state index < -0.39 is 0 Å². The molecule has 0 atom stereocenters. The Kier molecular flexibility index (Phi) is 3.12. The second-order valence-corrected chi connectivity index (χ2v) is 7.23. The Morgan fingerprint density at radius 3 is 2.05 bits per heavy atom. The predicted octanol–water partition coefficient (Wildman–Crippen LogP) is 3.61. The Balaban J connectivity index is 2.64. The molecular formula is C16H23NO2. The highest BCUT2D eigenvalue weighted by molar-refractivity contribution is 5.95. The first-order valence-corrected chi connectivity index (χ1v) is 6.71. The highest BCUT2D eigenvalue weighted by atomic mass is 16.5. The van der Waals surface area contributed by atoms with Crippen LogP contribution in [0.25, 0.3) is 0 Å². The number of rotatable bonds is 0. The summed E-state index contributed by atoms with van der Waals surface area (Å²) in [6, 6.07) is 4.14. The minimum absolute atomic E-state index is 0.0276. The van der Waals surface area contributed by atoms with Crippen LogP contribution in [0.3, 0.4) is 0 Å². The van der Waals surface area contributed by atoms with Gasteiger partial charge in [-0.2, -0.15) is 0 Å². The van der Waals surface area contributed by atoms with Crippen molar-refractivity contribution in [1.82, 2.24) is 0 Å². The molecule has 1 N–H and O–H groups in total. The Morgan fingerprint density at radius 2 is 1.53 bits per heavy atom. The minimum Gasteiger partial charge on any atom is -0.482 e.